The van der Waals surface area contributed by atoms with E-state index >= 15 is 0 Å². The van der Waals surface area contributed by atoms with Crippen LogP contribution in [0.3, 0.4) is 0 Å². The maximum atomic E-state index is 12.8. The zero-order chi connectivity index (χ0) is 16.2. The molecule has 5 nitrogen and oxygen atoms in total. The van der Waals surface area contributed by atoms with Crippen molar-refractivity contribution in [3.8, 4) is 0 Å². The summed E-state index contributed by atoms with van der Waals surface area (Å²) in [6, 6.07) is 9.17. The third kappa shape index (κ3) is 1.51. The smallest absolute Gasteiger partial charge is 0.253 e. The van der Waals surface area contributed by atoms with Gasteiger partial charge in [0.1, 0.15) is 5.41 Å². The molecule has 5 heteroatoms. The van der Waals surface area contributed by atoms with E-state index < -0.39 is 33.7 Å². The van der Waals surface area contributed by atoms with Gasteiger partial charge in [0.25, 0.3) is 5.91 Å². The molecular weight excluding hydrogens is 280 g/mol. The predicted octanol–water partition coefficient (Wildman–Crippen LogP) is 2.09. The molecule has 0 spiro atoms. The van der Waals surface area contributed by atoms with Crippen LogP contribution in [0, 0.1) is 16.2 Å². The normalized spacial score (nSPS) is 32.1. The maximum absolute atomic E-state index is 12.8. The number of carbonyl (C=O) groups is 3. The molecule has 2 saturated carbocycles. The Morgan fingerprint density at radius 2 is 1.64 bits per heavy atom. The number of anilines is 1. The molecule has 0 aromatic heterocycles. The number of hydrazine groups is 1. The molecule has 2 fully saturated rings. The number of hydrogen-bond acceptors (Lipinski definition) is 4. The SMILES string of the molecule is CC1(C)[C@]2(C(=O)NNc3ccccc3)CC[C@]1(C)C(=O)C2=O. The van der Waals surface area contributed by atoms with Crippen LogP contribution in [0.15, 0.2) is 30.3 Å². The number of Topliss-reactive ketones (excluding diaryl/α,β-unsaturated/α-hetero) is 2. The molecular formula is C17H20N2O3. The second-order valence-corrected chi connectivity index (χ2v) is 6.97. The summed E-state index contributed by atoms with van der Waals surface area (Å²) in [6.07, 6.45) is 0.993. The summed E-state index contributed by atoms with van der Waals surface area (Å²) in [7, 11) is 0. The molecule has 2 atom stereocenters. The third-order valence-corrected chi connectivity index (χ3v) is 6.02. The summed E-state index contributed by atoms with van der Waals surface area (Å²) >= 11 is 0. The van der Waals surface area contributed by atoms with E-state index in [2.05, 4.69) is 10.9 Å². The maximum Gasteiger partial charge on any atom is 0.253 e. The topological polar surface area (TPSA) is 75.3 Å². The lowest BCUT2D eigenvalue weighted by Crippen LogP contribution is -2.52. The van der Waals surface area contributed by atoms with E-state index in [1.807, 2.05) is 44.2 Å². The van der Waals surface area contributed by atoms with Gasteiger partial charge < -0.3 is 0 Å². The van der Waals surface area contributed by atoms with Crippen LogP contribution in [-0.4, -0.2) is 17.5 Å². The zero-order valence-corrected chi connectivity index (χ0v) is 13.0. The van der Waals surface area contributed by atoms with Crippen molar-refractivity contribution in [2.75, 3.05) is 5.43 Å². The van der Waals surface area contributed by atoms with Crippen LogP contribution in [-0.2, 0) is 14.4 Å². The minimum atomic E-state index is -1.26. The fourth-order valence-electron chi connectivity index (χ4n) is 4.03. The van der Waals surface area contributed by atoms with Crippen LogP contribution in [0.2, 0.25) is 0 Å². The number of amides is 1. The summed E-state index contributed by atoms with van der Waals surface area (Å²) in [5.41, 5.74) is 3.48. The van der Waals surface area contributed by atoms with Crippen molar-refractivity contribution in [2.45, 2.75) is 33.6 Å². The minimum Gasteiger partial charge on any atom is -0.299 e. The monoisotopic (exact) mass is 300 g/mol. The standard InChI is InChI=1S/C17H20N2O3/c1-15(2)16(3)9-10-17(15,13(21)12(16)20)14(22)19-18-11-7-5-4-6-8-11/h4-8,18H,9-10H2,1-3H3,(H,19,22)/t16-,17-/m1/s1. The van der Waals surface area contributed by atoms with E-state index in [1.165, 1.54) is 0 Å². The fourth-order valence-corrected chi connectivity index (χ4v) is 4.03. The number of nitrogens with one attached hydrogen (secondary N) is 2. The van der Waals surface area contributed by atoms with Gasteiger partial charge in [-0.2, -0.15) is 0 Å². The van der Waals surface area contributed by atoms with Crippen LogP contribution >= 0.6 is 0 Å². The Balaban J connectivity index is 1.88. The number of carbonyl (C=O) groups excluding carboxylic acids is 3. The first-order valence-electron chi connectivity index (χ1n) is 7.48. The molecule has 3 rings (SSSR count). The largest absolute Gasteiger partial charge is 0.299 e. The number of benzene rings is 1. The fraction of sp³-hybridized carbons (Fsp3) is 0.471. The van der Waals surface area contributed by atoms with Crippen LogP contribution in [0.25, 0.3) is 0 Å². The van der Waals surface area contributed by atoms with E-state index in [9.17, 15) is 14.4 Å². The second kappa shape index (κ2) is 4.41. The summed E-state index contributed by atoms with van der Waals surface area (Å²) in [6.45, 7) is 5.51. The van der Waals surface area contributed by atoms with Gasteiger partial charge >= 0.3 is 0 Å². The lowest BCUT2D eigenvalue weighted by atomic mass is 9.64. The Labute approximate surface area is 129 Å². The van der Waals surface area contributed by atoms with Gasteiger partial charge in [-0.15, -0.1) is 0 Å². The first kappa shape index (κ1) is 14.8. The van der Waals surface area contributed by atoms with Crippen molar-refractivity contribution >= 4 is 23.2 Å². The Bertz CT molecular complexity index is 668. The summed E-state index contributed by atoms with van der Waals surface area (Å²) in [5, 5.41) is 0. The van der Waals surface area contributed by atoms with Crippen LogP contribution in [0.4, 0.5) is 5.69 Å². The molecule has 0 aliphatic heterocycles. The molecule has 0 heterocycles. The predicted molar refractivity (Wildman–Crippen MR) is 81.8 cm³/mol. The van der Waals surface area contributed by atoms with Crippen molar-refractivity contribution < 1.29 is 14.4 Å². The van der Waals surface area contributed by atoms with Crippen molar-refractivity contribution in [1.29, 1.82) is 0 Å². The summed E-state index contributed by atoms with van der Waals surface area (Å²) in [5.74, 6) is -1.36. The third-order valence-electron chi connectivity index (χ3n) is 6.02. The van der Waals surface area contributed by atoms with Crippen LogP contribution in [0.1, 0.15) is 33.6 Å². The van der Waals surface area contributed by atoms with E-state index in [0.29, 0.717) is 12.8 Å². The van der Waals surface area contributed by atoms with E-state index in [4.69, 9.17) is 0 Å². The molecule has 0 radical (unpaired) electrons. The molecule has 1 amide bonds. The first-order valence-corrected chi connectivity index (χ1v) is 7.48. The average molecular weight is 300 g/mol. The number of rotatable bonds is 3. The highest BCUT2D eigenvalue weighted by Gasteiger charge is 2.77. The second-order valence-electron chi connectivity index (χ2n) is 6.97. The quantitative estimate of drug-likeness (QED) is 0.509. The van der Waals surface area contributed by atoms with Gasteiger partial charge in [-0.25, -0.2) is 0 Å². The average Bonchev–Trinajstić information content (AvgIpc) is 2.78. The van der Waals surface area contributed by atoms with Gasteiger partial charge in [-0.3, -0.25) is 25.2 Å². The molecule has 1 aromatic rings. The van der Waals surface area contributed by atoms with Gasteiger partial charge in [0.2, 0.25) is 11.6 Å². The molecule has 0 unspecified atom stereocenters. The van der Waals surface area contributed by atoms with Crippen molar-refractivity contribution in [3.63, 3.8) is 0 Å². The number of para-hydroxylation sites is 1. The van der Waals surface area contributed by atoms with E-state index in [1.54, 1.807) is 6.92 Å². The van der Waals surface area contributed by atoms with E-state index in [-0.39, 0.29) is 0 Å². The molecule has 0 saturated heterocycles. The minimum absolute atomic E-state index is 0.404. The molecule has 2 N–H and O–H groups in total. The Hall–Kier alpha value is -2.17. The van der Waals surface area contributed by atoms with Crippen LogP contribution in [0.5, 0.6) is 0 Å². The Morgan fingerprint density at radius 3 is 2.18 bits per heavy atom. The lowest BCUT2D eigenvalue weighted by Gasteiger charge is -2.37. The summed E-state index contributed by atoms with van der Waals surface area (Å²) in [4.78, 5) is 37.6. The number of ketones is 2. The van der Waals surface area contributed by atoms with E-state index in [0.717, 1.165) is 5.69 Å². The van der Waals surface area contributed by atoms with Gasteiger partial charge in [-0.05, 0) is 30.4 Å². The molecule has 2 aliphatic carbocycles. The molecule has 22 heavy (non-hydrogen) atoms. The highest BCUT2D eigenvalue weighted by molar-refractivity contribution is 6.48. The molecule has 1 aromatic carbocycles. The number of fused-ring (bicyclic) bond motifs is 2. The lowest BCUT2D eigenvalue weighted by molar-refractivity contribution is -0.149. The van der Waals surface area contributed by atoms with Gasteiger partial charge in [-0.1, -0.05) is 39.0 Å². The van der Waals surface area contributed by atoms with Gasteiger partial charge in [0, 0.05) is 5.41 Å². The highest BCUT2D eigenvalue weighted by Crippen LogP contribution is 2.68. The summed E-state index contributed by atoms with van der Waals surface area (Å²) < 4.78 is 0. The van der Waals surface area contributed by atoms with Gasteiger partial charge in [0.05, 0.1) is 5.69 Å². The van der Waals surface area contributed by atoms with Crippen LogP contribution < -0.4 is 10.9 Å². The van der Waals surface area contributed by atoms with Crippen molar-refractivity contribution in [3.05, 3.63) is 30.3 Å². The highest BCUT2D eigenvalue weighted by atomic mass is 16.2. The zero-order valence-electron chi connectivity index (χ0n) is 13.0. The molecule has 2 bridgehead atoms. The Kier molecular flexibility index (Phi) is 2.96. The van der Waals surface area contributed by atoms with Crippen molar-refractivity contribution in [2.24, 2.45) is 16.2 Å². The molecule has 116 valence electrons. The first-order chi connectivity index (χ1) is 10.3. The van der Waals surface area contributed by atoms with Crippen molar-refractivity contribution in [1.82, 2.24) is 5.43 Å². The van der Waals surface area contributed by atoms with Gasteiger partial charge in [0.15, 0.2) is 0 Å². The molecule has 2 aliphatic rings. The number of hydrogen-bond donors (Lipinski definition) is 2. The Morgan fingerprint density at radius 1 is 1.00 bits per heavy atom.